The Bertz CT molecular complexity index is 1370. The lowest BCUT2D eigenvalue weighted by molar-refractivity contribution is -0.134. The molecule has 0 aliphatic rings. The Labute approximate surface area is 210 Å². The quantitative estimate of drug-likeness (QED) is 0.247. The molecular weight excluding hydrogens is 450 g/mol. The average Bonchev–Trinajstić information content (AvgIpc) is 3.34. The molecule has 5 aromatic rings. The highest BCUT2D eigenvalue weighted by Gasteiger charge is 2.16. The summed E-state index contributed by atoms with van der Waals surface area (Å²) in [6.07, 6.45) is 0. The number of hydrogen-bond donors (Lipinski definition) is 2. The highest BCUT2D eigenvalue weighted by atomic mass is 32.1. The van der Waals surface area contributed by atoms with Crippen LogP contribution in [-0.4, -0.2) is 17.6 Å². The topological polar surface area (TPSA) is 49.3 Å². The fraction of sp³-hybridized carbons (Fsp3) is 0.0645. The molecule has 174 valence electrons. The highest BCUT2D eigenvalue weighted by molar-refractivity contribution is 7.19. The van der Waals surface area contributed by atoms with Gasteiger partial charge in [0.1, 0.15) is 6.54 Å². The summed E-state index contributed by atoms with van der Waals surface area (Å²) in [5.41, 5.74) is 7.72. The van der Waals surface area contributed by atoms with E-state index >= 15 is 0 Å². The Morgan fingerprint density at radius 3 is 1.94 bits per heavy atom. The number of nitrogens with one attached hydrogen (secondary N) is 1. The molecule has 0 amide bonds. The number of thiophene rings is 1. The highest BCUT2D eigenvalue weighted by Crippen LogP contribution is 2.45. The lowest BCUT2D eigenvalue weighted by atomic mass is 9.96. The van der Waals surface area contributed by atoms with Gasteiger partial charge in [-0.25, -0.2) is 0 Å². The maximum atomic E-state index is 11.0. The molecule has 1 heterocycles. The third-order valence-electron chi connectivity index (χ3n) is 5.66. The van der Waals surface area contributed by atoms with E-state index in [9.17, 15) is 4.79 Å². The van der Waals surface area contributed by atoms with Crippen LogP contribution in [0.4, 0.5) is 5.69 Å². The maximum Gasteiger partial charge on any atom is 0.322 e. The van der Waals surface area contributed by atoms with Gasteiger partial charge in [0.05, 0.1) is 0 Å². The fourth-order valence-electron chi connectivity index (χ4n) is 4.08. The number of anilines is 1. The number of carboxylic acids is 1. The van der Waals surface area contributed by atoms with Crippen LogP contribution < -0.4 is 5.32 Å². The van der Waals surface area contributed by atoms with Crippen LogP contribution in [0, 0.1) is 0 Å². The van der Waals surface area contributed by atoms with E-state index in [1.807, 2.05) is 36.4 Å². The van der Waals surface area contributed by atoms with E-state index in [0.29, 0.717) is 0 Å². The van der Waals surface area contributed by atoms with Gasteiger partial charge in [0, 0.05) is 21.0 Å². The van der Waals surface area contributed by atoms with Crippen LogP contribution in [0.2, 0.25) is 0 Å². The van der Waals surface area contributed by atoms with Crippen LogP contribution in [-0.2, 0) is 4.79 Å². The molecule has 0 unspecified atom stereocenters. The largest absolute Gasteiger partial charge is 0.480 e. The Morgan fingerprint density at radius 1 is 0.657 bits per heavy atom. The second-order valence-corrected chi connectivity index (χ2v) is 9.01. The minimum atomic E-state index is -0.883. The monoisotopic (exact) mass is 477 g/mol. The van der Waals surface area contributed by atoms with E-state index in [0.717, 1.165) is 22.4 Å². The molecular formula is C31H27NO2S. The fourth-order valence-corrected chi connectivity index (χ4v) is 5.31. The second-order valence-electron chi connectivity index (χ2n) is 7.96. The van der Waals surface area contributed by atoms with Gasteiger partial charge in [-0.1, -0.05) is 104 Å². The van der Waals surface area contributed by atoms with Crippen molar-refractivity contribution in [1.29, 1.82) is 0 Å². The average molecular weight is 478 g/mol. The Kier molecular flexibility index (Phi) is 7.44. The standard InChI is InChI=1S/C30H23NO2S.CH4/c32-29(33)20-31-24-15-9-14-23(18-24)25-16-7-8-17-26(25)28-19-27(21-10-3-1-4-11-21)30(34-28)22-12-5-2-6-13-22;/h1-19,31H,20H2,(H,32,33);1H4. The molecule has 4 aromatic carbocycles. The van der Waals surface area contributed by atoms with Gasteiger partial charge >= 0.3 is 5.97 Å². The number of rotatable bonds is 7. The second kappa shape index (κ2) is 10.9. The predicted molar refractivity (Wildman–Crippen MR) is 149 cm³/mol. The number of benzene rings is 4. The first-order valence-electron chi connectivity index (χ1n) is 11.1. The maximum absolute atomic E-state index is 11.0. The summed E-state index contributed by atoms with van der Waals surface area (Å²) >= 11 is 1.79. The lowest BCUT2D eigenvalue weighted by Gasteiger charge is -2.11. The summed E-state index contributed by atoms with van der Waals surface area (Å²) in [4.78, 5) is 13.4. The van der Waals surface area contributed by atoms with Crippen LogP contribution in [0.1, 0.15) is 7.43 Å². The molecule has 0 bridgehead atoms. The van der Waals surface area contributed by atoms with Crippen LogP contribution in [0.25, 0.3) is 43.1 Å². The molecule has 0 saturated heterocycles. The Hall–Kier alpha value is -4.15. The van der Waals surface area contributed by atoms with Crippen LogP contribution in [0.5, 0.6) is 0 Å². The van der Waals surface area contributed by atoms with Crippen molar-refractivity contribution in [1.82, 2.24) is 0 Å². The summed E-state index contributed by atoms with van der Waals surface area (Å²) in [5, 5.41) is 12.0. The minimum Gasteiger partial charge on any atom is -0.480 e. The van der Waals surface area contributed by atoms with Crippen molar-refractivity contribution in [2.24, 2.45) is 0 Å². The zero-order valence-corrected chi connectivity index (χ0v) is 19.3. The predicted octanol–water partition coefficient (Wildman–Crippen LogP) is 8.55. The van der Waals surface area contributed by atoms with Crippen molar-refractivity contribution in [3.63, 3.8) is 0 Å². The van der Waals surface area contributed by atoms with E-state index in [1.165, 1.54) is 26.4 Å². The third-order valence-corrected chi connectivity index (χ3v) is 6.88. The summed E-state index contributed by atoms with van der Waals surface area (Å²) in [6.45, 7) is -0.114. The smallest absolute Gasteiger partial charge is 0.322 e. The first-order valence-corrected chi connectivity index (χ1v) is 11.9. The molecule has 0 saturated carbocycles. The van der Waals surface area contributed by atoms with Crippen molar-refractivity contribution in [3.8, 4) is 43.1 Å². The Balaban J connectivity index is 0.00000289. The molecule has 3 nitrogen and oxygen atoms in total. The van der Waals surface area contributed by atoms with E-state index in [-0.39, 0.29) is 14.0 Å². The summed E-state index contributed by atoms with van der Waals surface area (Å²) < 4.78 is 0. The molecule has 0 radical (unpaired) electrons. The van der Waals surface area contributed by atoms with Gasteiger partial charge in [-0.05, 0) is 46.0 Å². The van der Waals surface area contributed by atoms with E-state index in [1.54, 1.807) is 11.3 Å². The first-order chi connectivity index (χ1) is 16.7. The van der Waals surface area contributed by atoms with Crippen molar-refractivity contribution < 1.29 is 9.90 Å². The molecule has 4 heteroatoms. The van der Waals surface area contributed by atoms with Crippen LogP contribution >= 0.6 is 11.3 Å². The zero-order valence-electron chi connectivity index (χ0n) is 18.4. The number of carboxylic acid groups (broad SMARTS) is 1. The summed E-state index contributed by atoms with van der Waals surface area (Å²) in [7, 11) is 0. The normalized spacial score (nSPS) is 10.4. The van der Waals surface area contributed by atoms with E-state index in [2.05, 4.69) is 84.2 Å². The van der Waals surface area contributed by atoms with Gasteiger partial charge in [0.25, 0.3) is 0 Å². The number of hydrogen-bond acceptors (Lipinski definition) is 3. The van der Waals surface area contributed by atoms with E-state index in [4.69, 9.17) is 5.11 Å². The molecule has 0 aliphatic carbocycles. The first kappa shape index (κ1) is 24.0. The van der Waals surface area contributed by atoms with Gasteiger partial charge < -0.3 is 10.4 Å². The third kappa shape index (κ3) is 5.34. The number of aliphatic carboxylic acids is 1. The van der Waals surface area contributed by atoms with Crippen LogP contribution in [0.15, 0.2) is 115 Å². The minimum absolute atomic E-state index is 0. The van der Waals surface area contributed by atoms with Crippen molar-refractivity contribution in [3.05, 3.63) is 115 Å². The molecule has 1 aromatic heterocycles. The lowest BCUT2D eigenvalue weighted by Crippen LogP contribution is -2.12. The molecule has 2 N–H and O–H groups in total. The van der Waals surface area contributed by atoms with Gasteiger partial charge in [0.2, 0.25) is 0 Å². The molecule has 35 heavy (non-hydrogen) atoms. The van der Waals surface area contributed by atoms with Crippen molar-refractivity contribution in [2.45, 2.75) is 7.43 Å². The zero-order chi connectivity index (χ0) is 23.3. The van der Waals surface area contributed by atoms with Crippen LogP contribution in [0.3, 0.4) is 0 Å². The number of carbonyl (C=O) groups is 1. The molecule has 0 atom stereocenters. The summed E-state index contributed by atoms with van der Waals surface area (Å²) in [5.74, 6) is -0.883. The molecule has 0 spiro atoms. The molecule has 0 fully saturated rings. The molecule has 0 aliphatic heterocycles. The van der Waals surface area contributed by atoms with Gasteiger partial charge in [0.15, 0.2) is 0 Å². The van der Waals surface area contributed by atoms with Gasteiger partial charge in [-0.3, -0.25) is 4.79 Å². The molecule has 5 rings (SSSR count). The van der Waals surface area contributed by atoms with Crippen molar-refractivity contribution in [2.75, 3.05) is 11.9 Å². The van der Waals surface area contributed by atoms with Gasteiger partial charge in [-0.15, -0.1) is 11.3 Å². The summed E-state index contributed by atoms with van der Waals surface area (Å²) in [6, 6.07) is 39.6. The SMILES string of the molecule is C.O=C(O)CNc1cccc(-c2ccccc2-c2cc(-c3ccccc3)c(-c3ccccc3)s2)c1. The Morgan fingerprint density at radius 2 is 1.26 bits per heavy atom. The van der Waals surface area contributed by atoms with Crippen molar-refractivity contribution >= 4 is 23.0 Å². The van der Waals surface area contributed by atoms with Gasteiger partial charge in [-0.2, -0.15) is 0 Å². The van der Waals surface area contributed by atoms with E-state index < -0.39 is 5.97 Å².